The van der Waals surface area contributed by atoms with E-state index in [0.29, 0.717) is 28.0 Å². The molecule has 0 radical (unpaired) electrons. The smallest absolute Gasteiger partial charge is 0.254 e. The lowest BCUT2D eigenvalue weighted by Gasteiger charge is -2.25. The third-order valence-corrected chi connectivity index (χ3v) is 5.34. The van der Waals surface area contributed by atoms with Crippen LogP contribution in [-0.2, 0) is 0 Å². The Morgan fingerprint density at radius 1 is 1.12 bits per heavy atom. The van der Waals surface area contributed by atoms with Gasteiger partial charge in [0, 0.05) is 30.7 Å². The Kier molecular flexibility index (Phi) is 4.66. The Balaban J connectivity index is 1.63. The van der Waals surface area contributed by atoms with E-state index in [0.717, 1.165) is 18.4 Å². The predicted octanol–water partition coefficient (Wildman–Crippen LogP) is 4.55. The molecule has 1 fully saturated rings. The minimum Gasteiger partial charge on any atom is -0.332 e. The van der Waals surface area contributed by atoms with Crippen LogP contribution in [0.3, 0.4) is 0 Å². The number of carbonyl (C=O) groups excluding carboxylic acids is 1. The van der Waals surface area contributed by atoms with Crippen molar-refractivity contribution in [3.63, 3.8) is 0 Å². The Morgan fingerprint density at radius 3 is 2.77 bits per heavy atom. The SMILES string of the molecule is O=C(c1ccnc(-n2ccnc2)c1)N1CCCC1c1ccc(Cl)c(Cl)c1. The van der Waals surface area contributed by atoms with Gasteiger partial charge in [0.25, 0.3) is 5.91 Å². The van der Waals surface area contributed by atoms with Gasteiger partial charge >= 0.3 is 0 Å². The maximum absolute atomic E-state index is 13.1. The third kappa shape index (κ3) is 3.20. The molecule has 132 valence electrons. The number of amides is 1. The Labute approximate surface area is 161 Å². The third-order valence-electron chi connectivity index (χ3n) is 4.60. The number of nitrogens with zero attached hydrogens (tertiary/aromatic N) is 4. The summed E-state index contributed by atoms with van der Waals surface area (Å²) in [5.41, 5.74) is 1.62. The van der Waals surface area contributed by atoms with Crippen molar-refractivity contribution in [1.82, 2.24) is 19.4 Å². The van der Waals surface area contributed by atoms with Crippen LogP contribution in [-0.4, -0.2) is 31.9 Å². The normalized spacial score (nSPS) is 16.8. The number of carbonyl (C=O) groups is 1. The molecule has 1 aromatic carbocycles. The molecule has 3 aromatic rings. The molecule has 0 spiro atoms. The number of rotatable bonds is 3. The summed E-state index contributed by atoms with van der Waals surface area (Å²) in [5.74, 6) is 0.654. The maximum Gasteiger partial charge on any atom is 0.254 e. The van der Waals surface area contributed by atoms with Crippen LogP contribution in [0, 0.1) is 0 Å². The molecule has 1 saturated heterocycles. The topological polar surface area (TPSA) is 51.0 Å². The first-order chi connectivity index (χ1) is 12.6. The average molecular weight is 387 g/mol. The molecule has 1 aliphatic heterocycles. The van der Waals surface area contributed by atoms with Gasteiger partial charge in [0.2, 0.25) is 0 Å². The van der Waals surface area contributed by atoms with Crippen LogP contribution in [0.4, 0.5) is 0 Å². The van der Waals surface area contributed by atoms with Crippen molar-refractivity contribution in [2.24, 2.45) is 0 Å². The van der Waals surface area contributed by atoms with Crippen LogP contribution >= 0.6 is 23.2 Å². The molecular weight excluding hydrogens is 371 g/mol. The Bertz CT molecular complexity index is 942. The number of hydrogen-bond acceptors (Lipinski definition) is 3. The van der Waals surface area contributed by atoms with Gasteiger partial charge in [0.05, 0.1) is 16.1 Å². The van der Waals surface area contributed by atoms with Gasteiger partial charge in [0.1, 0.15) is 12.1 Å². The monoisotopic (exact) mass is 386 g/mol. The van der Waals surface area contributed by atoms with Gasteiger partial charge in [-0.2, -0.15) is 0 Å². The molecule has 2 aromatic heterocycles. The van der Waals surface area contributed by atoms with Gasteiger partial charge in [-0.15, -0.1) is 0 Å². The Morgan fingerprint density at radius 2 is 2.00 bits per heavy atom. The molecule has 0 saturated carbocycles. The quantitative estimate of drug-likeness (QED) is 0.663. The fourth-order valence-electron chi connectivity index (χ4n) is 3.33. The van der Waals surface area contributed by atoms with Gasteiger partial charge in [0.15, 0.2) is 0 Å². The summed E-state index contributed by atoms with van der Waals surface area (Å²) in [6.07, 6.45) is 8.64. The number of halogens is 2. The van der Waals surface area contributed by atoms with Crippen LogP contribution in [0.1, 0.15) is 34.8 Å². The zero-order chi connectivity index (χ0) is 18.1. The van der Waals surface area contributed by atoms with E-state index in [2.05, 4.69) is 9.97 Å². The molecule has 1 aliphatic rings. The van der Waals surface area contributed by atoms with Crippen LogP contribution < -0.4 is 0 Å². The van der Waals surface area contributed by atoms with Crippen molar-refractivity contribution in [3.05, 3.63) is 76.4 Å². The molecule has 0 bridgehead atoms. The van der Waals surface area contributed by atoms with E-state index in [1.54, 1.807) is 47.7 Å². The predicted molar refractivity (Wildman–Crippen MR) is 101 cm³/mol. The summed E-state index contributed by atoms with van der Waals surface area (Å²) in [5, 5.41) is 1.03. The second kappa shape index (κ2) is 7.09. The summed E-state index contributed by atoms with van der Waals surface area (Å²) < 4.78 is 1.78. The van der Waals surface area contributed by atoms with E-state index in [1.165, 1.54) is 0 Å². The number of likely N-dealkylation sites (tertiary alicyclic amines) is 1. The first-order valence-corrected chi connectivity index (χ1v) is 9.09. The molecule has 0 N–H and O–H groups in total. The van der Waals surface area contributed by atoms with Gasteiger partial charge < -0.3 is 4.90 Å². The summed E-state index contributed by atoms with van der Waals surface area (Å²) in [4.78, 5) is 23.3. The molecular formula is C19H16Cl2N4O. The van der Waals surface area contributed by atoms with E-state index in [4.69, 9.17) is 23.2 Å². The fourth-order valence-corrected chi connectivity index (χ4v) is 3.64. The van der Waals surface area contributed by atoms with Crippen LogP contribution in [0.5, 0.6) is 0 Å². The van der Waals surface area contributed by atoms with E-state index in [-0.39, 0.29) is 11.9 Å². The number of aromatic nitrogens is 3. The van der Waals surface area contributed by atoms with Gasteiger partial charge in [-0.3, -0.25) is 9.36 Å². The van der Waals surface area contributed by atoms with Crippen LogP contribution in [0.25, 0.3) is 5.82 Å². The van der Waals surface area contributed by atoms with Gasteiger partial charge in [-0.05, 0) is 42.7 Å². The first-order valence-electron chi connectivity index (χ1n) is 8.34. The van der Waals surface area contributed by atoms with E-state index >= 15 is 0 Å². The number of hydrogen-bond donors (Lipinski definition) is 0. The lowest BCUT2D eigenvalue weighted by molar-refractivity contribution is 0.0735. The highest BCUT2D eigenvalue weighted by molar-refractivity contribution is 6.42. The maximum atomic E-state index is 13.1. The molecule has 5 nitrogen and oxygen atoms in total. The summed E-state index contributed by atoms with van der Waals surface area (Å²) in [6.45, 7) is 0.715. The van der Waals surface area contributed by atoms with Crippen molar-refractivity contribution in [1.29, 1.82) is 0 Å². The molecule has 26 heavy (non-hydrogen) atoms. The lowest BCUT2D eigenvalue weighted by Crippen LogP contribution is -2.30. The summed E-state index contributed by atoms with van der Waals surface area (Å²) in [6, 6.07) is 9.10. The molecule has 1 unspecified atom stereocenters. The number of pyridine rings is 1. The highest BCUT2D eigenvalue weighted by atomic mass is 35.5. The minimum atomic E-state index is -0.0117. The van der Waals surface area contributed by atoms with Crippen molar-refractivity contribution in [3.8, 4) is 5.82 Å². The summed E-state index contributed by atoms with van der Waals surface area (Å²) >= 11 is 12.2. The van der Waals surface area contributed by atoms with Gasteiger partial charge in [-0.1, -0.05) is 29.3 Å². The molecule has 1 amide bonds. The average Bonchev–Trinajstić information content (AvgIpc) is 3.35. The van der Waals surface area contributed by atoms with Crippen molar-refractivity contribution < 1.29 is 4.79 Å². The number of benzene rings is 1. The molecule has 1 atom stereocenters. The van der Waals surface area contributed by atoms with E-state index < -0.39 is 0 Å². The minimum absolute atomic E-state index is 0.00197. The lowest BCUT2D eigenvalue weighted by atomic mass is 10.0. The second-order valence-electron chi connectivity index (χ2n) is 6.20. The van der Waals surface area contributed by atoms with Crippen LogP contribution in [0.15, 0.2) is 55.2 Å². The van der Waals surface area contributed by atoms with Crippen molar-refractivity contribution in [2.75, 3.05) is 6.54 Å². The highest BCUT2D eigenvalue weighted by Gasteiger charge is 2.31. The standard InChI is InChI=1S/C19H16Cl2N4O/c20-15-4-3-13(10-16(15)21)17-2-1-8-25(17)19(26)14-5-6-23-18(11-14)24-9-7-22-12-24/h3-7,9-12,17H,1-2,8H2. The van der Waals surface area contributed by atoms with E-state index in [1.807, 2.05) is 17.0 Å². The molecule has 7 heteroatoms. The second-order valence-corrected chi connectivity index (χ2v) is 7.02. The zero-order valence-corrected chi connectivity index (χ0v) is 15.4. The molecule has 0 aliphatic carbocycles. The zero-order valence-electron chi connectivity index (χ0n) is 13.8. The molecule has 4 rings (SSSR count). The van der Waals surface area contributed by atoms with Crippen LogP contribution in [0.2, 0.25) is 10.0 Å². The van der Waals surface area contributed by atoms with Crippen molar-refractivity contribution >= 4 is 29.1 Å². The first kappa shape index (κ1) is 17.1. The van der Waals surface area contributed by atoms with Crippen molar-refractivity contribution in [2.45, 2.75) is 18.9 Å². The van der Waals surface area contributed by atoms with Gasteiger partial charge in [-0.25, -0.2) is 9.97 Å². The highest BCUT2D eigenvalue weighted by Crippen LogP contribution is 2.35. The fraction of sp³-hybridized carbons (Fsp3) is 0.211. The largest absolute Gasteiger partial charge is 0.332 e. The summed E-state index contributed by atoms with van der Waals surface area (Å²) in [7, 11) is 0. The van der Waals surface area contributed by atoms with E-state index in [9.17, 15) is 4.79 Å². The molecule has 3 heterocycles. The number of imidazole rings is 1. The Hall–Kier alpha value is -2.37.